The van der Waals surface area contributed by atoms with Crippen LogP contribution < -0.4 is 11.5 Å². The van der Waals surface area contributed by atoms with Crippen molar-refractivity contribution in [1.29, 1.82) is 0 Å². The quantitative estimate of drug-likeness (QED) is 0.717. The SMILES string of the molecule is CN(CCc1ccccc1)C[C@H](N)CC(N)=O. The lowest BCUT2D eigenvalue weighted by Crippen LogP contribution is -2.38. The maximum Gasteiger partial charge on any atom is 0.219 e. The molecule has 17 heavy (non-hydrogen) atoms. The predicted molar refractivity (Wildman–Crippen MR) is 69.4 cm³/mol. The van der Waals surface area contributed by atoms with Crippen molar-refractivity contribution in [2.24, 2.45) is 11.5 Å². The number of nitrogens with two attached hydrogens (primary N) is 2. The van der Waals surface area contributed by atoms with Crippen LogP contribution in [0.4, 0.5) is 0 Å². The smallest absolute Gasteiger partial charge is 0.219 e. The van der Waals surface area contributed by atoms with Crippen LogP contribution in [0.3, 0.4) is 0 Å². The van der Waals surface area contributed by atoms with E-state index >= 15 is 0 Å². The Hall–Kier alpha value is -1.39. The fraction of sp³-hybridized carbons (Fsp3) is 0.462. The fourth-order valence-electron chi connectivity index (χ4n) is 1.78. The molecule has 0 fully saturated rings. The van der Waals surface area contributed by atoms with Gasteiger partial charge < -0.3 is 16.4 Å². The summed E-state index contributed by atoms with van der Waals surface area (Å²) in [4.78, 5) is 12.8. The predicted octanol–water partition coefficient (Wildman–Crippen LogP) is 0.364. The van der Waals surface area contributed by atoms with Gasteiger partial charge in [0.25, 0.3) is 0 Å². The third-order valence-electron chi connectivity index (χ3n) is 2.63. The second-order valence-corrected chi connectivity index (χ2v) is 4.43. The van der Waals surface area contributed by atoms with E-state index in [9.17, 15) is 4.79 Å². The van der Waals surface area contributed by atoms with Crippen molar-refractivity contribution < 1.29 is 4.79 Å². The number of benzene rings is 1. The lowest BCUT2D eigenvalue weighted by atomic mass is 10.1. The van der Waals surface area contributed by atoms with Gasteiger partial charge in [0.2, 0.25) is 5.91 Å². The molecule has 0 aliphatic rings. The summed E-state index contributed by atoms with van der Waals surface area (Å²) in [6.45, 7) is 1.62. The van der Waals surface area contributed by atoms with E-state index in [-0.39, 0.29) is 18.4 Å². The Morgan fingerprint density at radius 2 is 2.00 bits per heavy atom. The van der Waals surface area contributed by atoms with Crippen LogP contribution in [-0.2, 0) is 11.2 Å². The topological polar surface area (TPSA) is 72.3 Å². The summed E-state index contributed by atoms with van der Waals surface area (Å²) in [5.74, 6) is -0.339. The largest absolute Gasteiger partial charge is 0.370 e. The normalized spacial score (nSPS) is 12.6. The molecule has 1 amide bonds. The van der Waals surface area contributed by atoms with E-state index in [1.807, 2.05) is 25.2 Å². The van der Waals surface area contributed by atoms with Crippen LogP contribution in [0.1, 0.15) is 12.0 Å². The van der Waals surface area contributed by atoms with Gasteiger partial charge in [-0.05, 0) is 19.0 Å². The Balaban J connectivity index is 2.25. The highest BCUT2D eigenvalue weighted by Gasteiger charge is 2.09. The van der Waals surface area contributed by atoms with Crippen LogP contribution in [-0.4, -0.2) is 37.0 Å². The number of carbonyl (C=O) groups excluding carboxylic acids is 1. The minimum atomic E-state index is -0.339. The molecule has 1 aromatic rings. The number of nitrogens with zero attached hydrogens (tertiary/aromatic N) is 1. The summed E-state index contributed by atoms with van der Waals surface area (Å²) in [6, 6.07) is 10.1. The highest BCUT2D eigenvalue weighted by atomic mass is 16.1. The second-order valence-electron chi connectivity index (χ2n) is 4.43. The van der Waals surface area contributed by atoms with Gasteiger partial charge in [0.15, 0.2) is 0 Å². The zero-order valence-electron chi connectivity index (χ0n) is 10.3. The minimum absolute atomic E-state index is 0.173. The number of hydrogen-bond acceptors (Lipinski definition) is 3. The van der Waals surface area contributed by atoms with E-state index in [2.05, 4.69) is 17.0 Å². The zero-order chi connectivity index (χ0) is 12.7. The third kappa shape index (κ3) is 6.04. The maximum atomic E-state index is 10.7. The minimum Gasteiger partial charge on any atom is -0.370 e. The Morgan fingerprint density at radius 3 is 2.59 bits per heavy atom. The lowest BCUT2D eigenvalue weighted by Gasteiger charge is -2.20. The van der Waals surface area contributed by atoms with Crippen molar-refractivity contribution in [2.45, 2.75) is 18.9 Å². The van der Waals surface area contributed by atoms with E-state index in [4.69, 9.17) is 11.5 Å². The van der Waals surface area contributed by atoms with E-state index < -0.39 is 0 Å². The zero-order valence-corrected chi connectivity index (χ0v) is 10.3. The first kappa shape index (κ1) is 13.7. The summed E-state index contributed by atoms with van der Waals surface area (Å²) in [6.07, 6.45) is 1.23. The van der Waals surface area contributed by atoms with E-state index in [0.717, 1.165) is 13.0 Å². The van der Waals surface area contributed by atoms with Gasteiger partial charge in [-0.25, -0.2) is 0 Å². The molecule has 0 bridgehead atoms. The van der Waals surface area contributed by atoms with Gasteiger partial charge in [-0.15, -0.1) is 0 Å². The molecule has 4 nitrogen and oxygen atoms in total. The standard InChI is InChI=1S/C13H21N3O/c1-16(10-12(14)9-13(15)17)8-7-11-5-3-2-4-6-11/h2-6,12H,7-10,14H2,1H3,(H2,15,17)/t12-/m1/s1. The second kappa shape index (κ2) is 7.04. The van der Waals surface area contributed by atoms with Gasteiger partial charge in [-0.1, -0.05) is 30.3 Å². The third-order valence-corrected chi connectivity index (χ3v) is 2.63. The molecular weight excluding hydrogens is 214 g/mol. The highest BCUT2D eigenvalue weighted by Crippen LogP contribution is 2.01. The lowest BCUT2D eigenvalue weighted by molar-refractivity contribution is -0.118. The van der Waals surface area contributed by atoms with Crippen molar-refractivity contribution in [3.8, 4) is 0 Å². The fourth-order valence-corrected chi connectivity index (χ4v) is 1.78. The molecule has 4 heteroatoms. The number of likely N-dealkylation sites (N-methyl/N-ethyl adjacent to an activating group) is 1. The van der Waals surface area contributed by atoms with E-state index in [1.165, 1.54) is 5.56 Å². The maximum absolute atomic E-state index is 10.7. The Bertz CT molecular complexity index is 340. The van der Waals surface area contributed by atoms with Crippen molar-refractivity contribution in [1.82, 2.24) is 4.90 Å². The van der Waals surface area contributed by atoms with Gasteiger partial charge in [0.1, 0.15) is 0 Å². The first-order chi connectivity index (χ1) is 8.08. The molecule has 4 N–H and O–H groups in total. The summed E-state index contributed by atoms with van der Waals surface area (Å²) in [7, 11) is 2.00. The summed E-state index contributed by atoms with van der Waals surface area (Å²) in [5, 5.41) is 0. The van der Waals surface area contributed by atoms with Gasteiger partial charge in [0, 0.05) is 25.6 Å². The summed E-state index contributed by atoms with van der Waals surface area (Å²) in [5.41, 5.74) is 12.2. The molecule has 1 rings (SSSR count). The van der Waals surface area contributed by atoms with Crippen molar-refractivity contribution in [2.75, 3.05) is 20.1 Å². The van der Waals surface area contributed by atoms with Gasteiger partial charge in [0.05, 0.1) is 0 Å². The molecule has 1 aromatic carbocycles. The highest BCUT2D eigenvalue weighted by molar-refractivity contribution is 5.74. The average molecular weight is 235 g/mol. The van der Waals surface area contributed by atoms with E-state index in [0.29, 0.717) is 6.54 Å². The molecule has 0 spiro atoms. The van der Waals surface area contributed by atoms with E-state index in [1.54, 1.807) is 0 Å². The number of primary amides is 1. The first-order valence-corrected chi connectivity index (χ1v) is 5.84. The molecule has 0 radical (unpaired) electrons. The van der Waals surface area contributed by atoms with Crippen LogP contribution in [0, 0.1) is 0 Å². The molecule has 0 unspecified atom stereocenters. The average Bonchev–Trinajstić information content (AvgIpc) is 2.26. The Kier molecular flexibility index (Phi) is 5.66. The van der Waals surface area contributed by atoms with Gasteiger partial charge >= 0.3 is 0 Å². The van der Waals surface area contributed by atoms with Crippen molar-refractivity contribution >= 4 is 5.91 Å². The molecule has 94 valence electrons. The molecule has 1 atom stereocenters. The Labute approximate surface area is 103 Å². The molecular formula is C13H21N3O. The summed E-state index contributed by atoms with van der Waals surface area (Å²) < 4.78 is 0. The summed E-state index contributed by atoms with van der Waals surface area (Å²) >= 11 is 0. The van der Waals surface area contributed by atoms with Gasteiger partial charge in [-0.2, -0.15) is 0 Å². The molecule has 0 aliphatic carbocycles. The molecule has 0 saturated carbocycles. The molecule has 0 aliphatic heterocycles. The molecule has 0 heterocycles. The van der Waals surface area contributed by atoms with Crippen molar-refractivity contribution in [3.63, 3.8) is 0 Å². The Morgan fingerprint density at radius 1 is 1.35 bits per heavy atom. The van der Waals surface area contributed by atoms with Crippen LogP contribution in [0.2, 0.25) is 0 Å². The van der Waals surface area contributed by atoms with Crippen molar-refractivity contribution in [3.05, 3.63) is 35.9 Å². The van der Waals surface area contributed by atoms with Crippen LogP contribution >= 0.6 is 0 Å². The number of hydrogen-bond donors (Lipinski definition) is 2. The van der Waals surface area contributed by atoms with Crippen LogP contribution in [0.25, 0.3) is 0 Å². The molecule has 0 saturated heterocycles. The first-order valence-electron chi connectivity index (χ1n) is 5.84. The van der Waals surface area contributed by atoms with Crippen LogP contribution in [0.15, 0.2) is 30.3 Å². The molecule has 0 aromatic heterocycles. The number of carbonyl (C=O) groups is 1. The van der Waals surface area contributed by atoms with Gasteiger partial charge in [-0.3, -0.25) is 4.79 Å². The number of rotatable bonds is 7. The number of amides is 1. The van der Waals surface area contributed by atoms with Crippen LogP contribution in [0.5, 0.6) is 0 Å². The monoisotopic (exact) mass is 235 g/mol.